The van der Waals surface area contributed by atoms with Gasteiger partial charge in [-0.05, 0) is 36.7 Å². The number of rotatable bonds is 2. The summed E-state index contributed by atoms with van der Waals surface area (Å²) < 4.78 is 52.0. The molecule has 2 aromatic rings. The molecular weight excluding hydrogens is 445 g/mol. The van der Waals surface area contributed by atoms with E-state index in [-0.39, 0.29) is 17.4 Å². The molecule has 1 saturated carbocycles. The number of hydrogen-bond donors (Lipinski definition) is 0. The third-order valence-corrected chi connectivity index (χ3v) is 8.15. The van der Waals surface area contributed by atoms with Crippen LogP contribution in [-0.2, 0) is 27.7 Å². The summed E-state index contributed by atoms with van der Waals surface area (Å²) in [6.45, 7) is 5.30. The highest BCUT2D eigenvalue weighted by Crippen LogP contribution is 2.62. The van der Waals surface area contributed by atoms with Crippen LogP contribution in [0.1, 0.15) is 103 Å². The van der Waals surface area contributed by atoms with Gasteiger partial charge >= 0.3 is 6.18 Å². The van der Waals surface area contributed by atoms with E-state index in [1.807, 2.05) is 0 Å². The van der Waals surface area contributed by atoms with Gasteiger partial charge in [0.2, 0.25) is 0 Å². The number of fused-ring (bicyclic) bond motifs is 4. The van der Waals surface area contributed by atoms with Gasteiger partial charge in [-0.3, -0.25) is 9.97 Å². The lowest BCUT2D eigenvalue weighted by Crippen LogP contribution is -2.36. The van der Waals surface area contributed by atoms with Crippen LogP contribution in [-0.4, -0.2) is 28.3 Å². The van der Waals surface area contributed by atoms with E-state index in [1.54, 1.807) is 0 Å². The molecule has 0 unspecified atom stereocenters. The van der Waals surface area contributed by atoms with Crippen LogP contribution in [0.5, 0.6) is 0 Å². The summed E-state index contributed by atoms with van der Waals surface area (Å²) in [4.78, 5) is 8.87. The minimum Gasteiger partial charge on any atom is -0.440 e. The average molecular weight is 476 g/mol. The second-order valence-electron chi connectivity index (χ2n) is 10.8. The Bertz CT molecular complexity index is 1120. The average Bonchev–Trinajstić information content (AvgIpc) is 3.46. The Kier molecular flexibility index (Phi) is 4.94. The van der Waals surface area contributed by atoms with E-state index in [1.165, 1.54) is 12.3 Å². The fourth-order valence-electron chi connectivity index (χ4n) is 6.29. The second kappa shape index (κ2) is 7.48. The summed E-state index contributed by atoms with van der Waals surface area (Å²) in [7, 11) is 0. The highest BCUT2D eigenvalue weighted by atomic mass is 19.4. The molecule has 0 amide bonds. The maximum Gasteiger partial charge on any atom is 0.433 e. The van der Waals surface area contributed by atoms with E-state index in [0.717, 1.165) is 59.8 Å². The maximum atomic E-state index is 13.2. The molecule has 2 aromatic heterocycles. The van der Waals surface area contributed by atoms with Crippen LogP contribution >= 0.6 is 0 Å². The van der Waals surface area contributed by atoms with E-state index in [0.29, 0.717) is 31.6 Å². The fourth-order valence-corrected chi connectivity index (χ4v) is 6.29. The van der Waals surface area contributed by atoms with Gasteiger partial charge < -0.3 is 14.6 Å². The van der Waals surface area contributed by atoms with Crippen LogP contribution in [0.2, 0.25) is 0 Å². The van der Waals surface area contributed by atoms with Crippen LogP contribution in [0.3, 0.4) is 0 Å². The Morgan fingerprint density at radius 2 is 1.82 bits per heavy atom. The summed E-state index contributed by atoms with van der Waals surface area (Å²) in [5.74, 6) is 0.115. The number of nitrogens with zero attached hydrogens (tertiary/aromatic N) is 2. The molecule has 2 N–H and O–H groups in total. The highest BCUT2D eigenvalue weighted by Gasteiger charge is 2.56. The summed E-state index contributed by atoms with van der Waals surface area (Å²) in [6, 6.07) is 2.50. The number of hydrogen-bond acceptors (Lipinski definition) is 4. The first kappa shape index (κ1) is 22.4. The Morgan fingerprint density at radius 1 is 1.09 bits per heavy atom. The van der Waals surface area contributed by atoms with Gasteiger partial charge in [0.25, 0.3) is 0 Å². The summed E-state index contributed by atoms with van der Waals surface area (Å²) in [5, 5.41) is 9.10. The summed E-state index contributed by atoms with van der Waals surface area (Å²) in [6.07, 6.45) is 1.28. The predicted octanol–water partition coefficient (Wildman–Crippen LogP) is 5.24. The molecule has 182 valence electrons. The van der Waals surface area contributed by atoms with E-state index >= 15 is 0 Å². The minimum atomic E-state index is -4.49. The van der Waals surface area contributed by atoms with Gasteiger partial charge in [0.05, 0.1) is 16.9 Å². The molecule has 0 aromatic carbocycles. The van der Waals surface area contributed by atoms with E-state index < -0.39 is 23.6 Å². The van der Waals surface area contributed by atoms with Crippen molar-refractivity contribution < 1.29 is 27.8 Å². The van der Waals surface area contributed by atoms with Gasteiger partial charge in [0, 0.05) is 61.1 Å². The van der Waals surface area contributed by atoms with Crippen LogP contribution in [0.4, 0.5) is 13.2 Å². The topological polar surface area (TPSA) is 67.1 Å². The van der Waals surface area contributed by atoms with Gasteiger partial charge in [0.1, 0.15) is 11.8 Å². The fraction of sp³-hybridized carbons (Fsp3) is 0.615. The first-order valence-corrected chi connectivity index (χ1v) is 12.2. The molecule has 4 heterocycles. The third kappa shape index (κ3) is 3.40. The molecule has 2 fully saturated rings. The summed E-state index contributed by atoms with van der Waals surface area (Å²) >= 11 is 0. The molecule has 0 radical (unpaired) electrons. The van der Waals surface area contributed by atoms with E-state index in [2.05, 4.69) is 18.8 Å². The molecule has 0 bridgehead atoms. The van der Waals surface area contributed by atoms with Crippen molar-refractivity contribution in [1.82, 2.24) is 9.97 Å². The van der Waals surface area contributed by atoms with Crippen molar-refractivity contribution in [2.24, 2.45) is 5.41 Å². The van der Waals surface area contributed by atoms with Crippen molar-refractivity contribution in [3.05, 3.63) is 57.7 Å². The lowest BCUT2D eigenvalue weighted by Gasteiger charge is -2.37. The zero-order valence-corrected chi connectivity index (χ0v) is 19.5. The number of alkyl halides is 3. The quantitative estimate of drug-likeness (QED) is 0.558. The molecule has 8 heteroatoms. The van der Waals surface area contributed by atoms with Gasteiger partial charge in [0.15, 0.2) is 6.10 Å². The van der Waals surface area contributed by atoms with E-state index in [4.69, 9.17) is 19.6 Å². The van der Waals surface area contributed by atoms with Crippen LogP contribution < -0.4 is 0 Å². The molecule has 34 heavy (non-hydrogen) atoms. The standard InChI is InChI=1S/C26H29F3N2O3/c1-14(2)22-20-21(19-16(31-22)11-24(5-6-24)12-17(19)32)25(7-9-33-10-8-25)34-23(20)15-3-4-18(30-13-15)26(27,28)29/h3-4,13-14,17,23,32H,5-12H2,1-2H3/p+1/t17-,23+/m0/s1. The maximum absolute atomic E-state index is 13.2. The smallest absolute Gasteiger partial charge is 0.433 e. The van der Waals surface area contributed by atoms with Gasteiger partial charge in [-0.2, -0.15) is 13.2 Å². The molecule has 1 saturated heterocycles. The van der Waals surface area contributed by atoms with Crippen molar-refractivity contribution in [3.63, 3.8) is 0 Å². The van der Waals surface area contributed by atoms with Crippen LogP contribution in [0, 0.1) is 5.41 Å². The van der Waals surface area contributed by atoms with Crippen molar-refractivity contribution in [1.29, 1.82) is 0 Å². The number of ether oxygens (including phenoxy) is 2. The Morgan fingerprint density at radius 3 is 2.41 bits per heavy atom. The number of pyridine rings is 2. The molecular formula is C26H30F3N2O3+. The number of aromatic nitrogens is 2. The highest BCUT2D eigenvalue weighted by molar-refractivity contribution is 5.54. The zero-order valence-electron chi connectivity index (χ0n) is 19.5. The zero-order chi connectivity index (χ0) is 23.9. The first-order valence-electron chi connectivity index (χ1n) is 12.2. The molecule has 5 nitrogen and oxygen atoms in total. The normalized spacial score (nSPS) is 26.7. The lowest BCUT2D eigenvalue weighted by atomic mass is 9.73. The Labute approximate surface area is 196 Å². The monoisotopic (exact) mass is 475 g/mol. The van der Waals surface area contributed by atoms with Crippen molar-refractivity contribution in [2.75, 3.05) is 13.2 Å². The van der Waals surface area contributed by atoms with Gasteiger partial charge in [-0.25, -0.2) is 0 Å². The molecule has 6 rings (SSSR count). The predicted molar refractivity (Wildman–Crippen MR) is 119 cm³/mol. The molecule has 2 atom stereocenters. The van der Waals surface area contributed by atoms with Crippen molar-refractivity contribution in [2.45, 2.75) is 82.3 Å². The van der Waals surface area contributed by atoms with Crippen LogP contribution in [0.15, 0.2) is 18.3 Å². The van der Waals surface area contributed by atoms with Gasteiger partial charge in [-0.15, -0.1) is 0 Å². The van der Waals surface area contributed by atoms with Gasteiger partial charge in [-0.1, -0.05) is 19.9 Å². The largest absolute Gasteiger partial charge is 0.440 e. The minimum absolute atomic E-state index is 0.115. The third-order valence-electron chi connectivity index (χ3n) is 8.15. The second-order valence-corrected chi connectivity index (χ2v) is 10.8. The summed E-state index contributed by atoms with van der Waals surface area (Å²) in [5.41, 5.74) is 4.30. The van der Waals surface area contributed by atoms with Crippen molar-refractivity contribution >= 4 is 0 Å². The lowest BCUT2D eigenvalue weighted by molar-refractivity contribution is -0.141. The van der Waals surface area contributed by atoms with Crippen molar-refractivity contribution in [3.8, 4) is 0 Å². The molecule has 2 spiro atoms. The molecule has 4 aliphatic rings. The first-order chi connectivity index (χ1) is 16.1. The van der Waals surface area contributed by atoms with E-state index in [9.17, 15) is 13.2 Å². The van der Waals surface area contributed by atoms with Crippen LogP contribution in [0.25, 0.3) is 0 Å². The number of halogens is 3. The Balaban J connectivity index is 1.56. The SMILES string of the molecule is CC(C)c1nc2c(c3c1[C@@H](c1ccc(C(F)(F)F)nc1)OC31CCOCC1)[C@@H]([OH2+])CC1(CC1)C2. The molecule has 2 aliphatic carbocycles. The molecule has 2 aliphatic heterocycles. The Hall–Kier alpha value is -2.03.